The van der Waals surface area contributed by atoms with Crippen LogP contribution >= 0.6 is 67.8 Å². The number of amides is 1. The summed E-state index contributed by atoms with van der Waals surface area (Å²) in [7, 11) is 0. The molecular weight excluding hydrogens is 615 g/mol. The van der Waals surface area contributed by atoms with Crippen LogP contribution < -0.4 is 5.32 Å². The van der Waals surface area contributed by atoms with Gasteiger partial charge in [0.25, 0.3) is 5.91 Å². The molecule has 2 N–H and O–H groups in total. The van der Waals surface area contributed by atoms with Gasteiger partial charge in [-0.2, -0.15) is 0 Å². The van der Waals surface area contributed by atoms with Gasteiger partial charge in [-0.15, -0.1) is 0 Å². The van der Waals surface area contributed by atoms with Gasteiger partial charge < -0.3 is 14.8 Å². The summed E-state index contributed by atoms with van der Waals surface area (Å²) >= 11 is 6.47. The lowest BCUT2D eigenvalue weighted by Crippen LogP contribution is -2.24. The molecule has 8 heteroatoms. The van der Waals surface area contributed by atoms with E-state index in [0.717, 1.165) is 10.7 Å². The minimum Gasteiger partial charge on any atom is -0.475 e. The Labute approximate surface area is 161 Å². The lowest BCUT2D eigenvalue weighted by molar-refractivity contribution is 0.0660. The topological polar surface area (TPSA) is 79.5 Å². The van der Waals surface area contributed by atoms with Gasteiger partial charge in [-0.3, -0.25) is 4.79 Å². The average Bonchev–Trinajstić information content (AvgIpc) is 2.89. The van der Waals surface area contributed by atoms with E-state index in [1.54, 1.807) is 0 Å². The van der Waals surface area contributed by atoms with E-state index in [1.165, 1.54) is 12.1 Å². The molecular formula is C13H8I3NO4. The highest BCUT2D eigenvalue weighted by molar-refractivity contribution is 14.1. The van der Waals surface area contributed by atoms with Gasteiger partial charge in [0.05, 0.1) is 12.1 Å². The van der Waals surface area contributed by atoms with E-state index in [1.807, 2.05) is 12.1 Å². The molecule has 0 bridgehead atoms. The van der Waals surface area contributed by atoms with Crippen molar-refractivity contribution < 1.29 is 19.1 Å². The average molecular weight is 623 g/mol. The molecule has 0 fully saturated rings. The second-order valence-corrected chi connectivity index (χ2v) is 7.49. The molecule has 2 aromatic rings. The molecule has 21 heavy (non-hydrogen) atoms. The quantitative estimate of drug-likeness (QED) is 0.403. The predicted molar refractivity (Wildman–Crippen MR) is 101 cm³/mol. The SMILES string of the molecule is O=C(O)c1ccc(CNC(=O)c2cc(I)cc(I)c2I)o1. The third kappa shape index (κ3) is 4.31. The van der Waals surface area contributed by atoms with Crippen molar-refractivity contribution in [2.24, 2.45) is 0 Å². The lowest BCUT2D eigenvalue weighted by atomic mass is 10.2. The Bertz CT molecular complexity index is 711. The molecule has 0 saturated carbocycles. The summed E-state index contributed by atoms with van der Waals surface area (Å²) in [5.41, 5.74) is 0.594. The summed E-state index contributed by atoms with van der Waals surface area (Å²) in [5.74, 6) is -1.09. The Kier molecular flexibility index (Phi) is 5.88. The van der Waals surface area contributed by atoms with Crippen LogP contribution in [0.15, 0.2) is 28.7 Å². The Balaban J connectivity index is 2.09. The van der Waals surface area contributed by atoms with Gasteiger partial charge in [0, 0.05) is 10.7 Å². The number of carbonyl (C=O) groups excluding carboxylic acids is 1. The Morgan fingerprint density at radius 2 is 1.90 bits per heavy atom. The first-order chi connectivity index (χ1) is 9.88. The maximum absolute atomic E-state index is 12.2. The van der Waals surface area contributed by atoms with Gasteiger partial charge in [0.15, 0.2) is 0 Å². The van der Waals surface area contributed by atoms with Crippen LogP contribution in [0.5, 0.6) is 0 Å². The van der Waals surface area contributed by atoms with E-state index >= 15 is 0 Å². The molecule has 0 unspecified atom stereocenters. The van der Waals surface area contributed by atoms with Crippen molar-refractivity contribution in [2.75, 3.05) is 0 Å². The number of carbonyl (C=O) groups is 2. The maximum Gasteiger partial charge on any atom is 0.371 e. The van der Waals surface area contributed by atoms with Crippen LogP contribution in [-0.2, 0) is 6.54 Å². The van der Waals surface area contributed by atoms with Gasteiger partial charge in [0.1, 0.15) is 5.76 Å². The van der Waals surface area contributed by atoms with Crippen molar-refractivity contribution in [3.63, 3.8) is 0 Å². The number of hydrogen-bond donors (Lipinski definition) is 2. The summed E-state index contributed by atoms with van der Waals surface area (Å²) in [4.78, 5) is 22.9. The molecule has 1 aromatic heterocycles. The molecule has 5 nitrogen and oxygen atoms in total. The number of rotatable bonds is 4. The molecule has 0 saturated heterocycles. The van der Waals surface area contributed by atoms with E-state index in [0.29, 0.717) is 11.3 Å². The van der Waals surface area contributed by atoms with Crippen molar-refractivity contribution in [3.8, 4) is 0 Å². The largest absolute Gasteiger partial charge is 0.475 e. The number of aromatic carboxylic acids is 1. The van der Waals surface area contributed by atoms with Crippen LogP contribution in [0.3, 0.4) is 0 Å². The number of furan rings is 1. The number of benzene rings is 1. The standard InChI is InChI=1S/C13H8I3NO4/c14-6-3-8(11(16)9(15)4-6)12(18)17-5-7-1-2-10(21-7)13(19)20/h1-4H,5H2,(H,17,18)(H,19,20). The summed E-state index contributed by atoms with van der Waals surface area (Å²) < 4.78 is 7.97. The van der Waals surface area contributed by atoms with Crippen molar-refractivity contribution >= 4 is 79.6 Å². The van der Waals surface area contributed by atoms with E-state index in [2.05, 4.69) is 73.1 Å². The zero-order valence-corrected chi connectivity index (χ0v) is 16.8. The molecule has 110 valence electrons. The van der Waals surface area contributed by atoms with Gasteiger partial charge in [-0.05, 0) is 92.0 Å². The second kappa shape index (κ2) is 7.26. The first-order valence-electron chi connectivity index (χ1n) is 5.63. The number of halogens is 3. The molecule has 1 amide bonds. The monoisotopic (exact) mass is 623 g/mol. The fourth-order valence-corrected chi connectivity index (χ4v) is 3.97. The molecule has 0 aliphatic heterocycles. The van der Waals surface area contributed by atoms with Crippen molar-refractivity contribution in [1.82, 2.24) is 5.32 Å². The van der Waals surface area contributed by atoms with Gasteiger partial charge in [0.2, 0.25) is 5.76 Å². The second-order valence-electron chi connectivity index (χ2n) is 4.00. The molecule has 0 radical (unpaired) electrons. The zero-order valence-electron chi connectivity index (χ0n) is 10.3. The van der Waals surface area contributed by atoms with Crippen LogP contribution in [0.25, 0.3) is 0 Å². The Hall–Kier alpha value is -0.370. The predicted octanol–water partition coefficient (Wildman–Crippen LogP) is 3.72. The molecule has 1 heterocycles. The van der Waals surface area contributed by atoms with Crippen LogP contribution in [0.4, 0.5) is 0 Å². The highest BCUT2D eigenvalue weighted by Crippen LogP contribution is 2.23. The third-order valence-electron chi connectivity index (χ3n) is 2.53. The minimum absolute atomic E-state index is 0.141. The van der Waals surface area contributed by atoms with Crippen molar-refractivity contribution in [1.29, 1.82) is 0 Å². The highest BCUT2D eigenvalue weighted by atomic mass is 127. The van der Waals surface area contributed by atoms with Crippen LogP contribution in [0.2, 0.25) is 0 Å². The Morgan fingerprint density at radius 1 is 1.19 bits per heavy atom. The molecule has 0 aliphatic rings. The Morgan fingerprint density at radius 3 is 2.52 bits per heavy atom. The summed E-state index contributed by atoms with van der Waals surface area (Å²) in [6.45, 7) is 0.143. The van der Waals surface area contributed by atoms with Gasteiger partial charge >= 0.3 is 5.97 Å². The van der Waals surface area contributed by atoms with Gasteiger partial charge in [-0.1, -0.05) is 0 Å². The van der Waals surface area contributed by atoms with Crippen molar-refractivity contribution in [2.45, 2.75) is 6.54 Å². The normalized spacial score (nSPS) is 10.4. The van der Waals surface area contributed by atoms with Crippen LogP contribution in [-0.4, -0.2) is 17.0 Å². The number of carboxylic acid groups (broad SMARTS) is 1. The highest BCUT2D eigenvalue weighted by Gasteiger charge is 2.15. The maximum atomic E-state index is 12.2. The summed E-state index contributed by atoms with van der Waals surface area (Å²) in [6.07, 6.45) is 0. The number of hydrogen-bond acceptors (Lipinski definition) is 3. The number of nitrogens with one attached hydrogen (secondary N) is 1. The van der Waals surface area contributed by atoms with Gasteiger partial charge in [-0.25, -0.2) is 4.79 Å². The molecule has 0 atom stereocenters. The smallest absolute Gasteiger partial charge is 0.371 e. The number of carboxylic acids is 1. The third-order valence-corrected chi connectivity index (χ3v) is 6.20. The minimum atomic E-state index is -1.13. The summed E-state index contributed by atoms with van der Waals surface area (Å²) in [6, 6.07) is 6.70. The van der Waals surface area contributed by atoms with Crippen LogP contribution in [0.1, 0.15) is 26.7 Å². The van der Waals surface area contributed by atoms with Crippen LogP contribution in [0, 0.1) is 10.7 Å². The zero-order chi connectivity index (χ0) is 15.6. The fourth-order valence-electron chi connectivity index (χ4n) is 1.57. The lowest BCUT2D eigenvalue weighted by Gasteiger charge is -2.08. The van der Waals surface area contributed by atoms with E-state index in [9.17, 15) is 9.59 Å². The van der Waals surface area contributed by atoms with E-state index in [-0.39, 0.29) is 18.2 Å². The van der Waals surface area contributed by atoms with E-state index < -0.39 is 5.97 Å². The molecule has 0 spiro atoms. The first-order valence-corrected chi connectivity index (χ1v) is 8.87. The first kappa shape index (κ1) is 17.0. The summed E-state index contributed by atoms with van der Waals surface area (Å²) in [5, 5.41) is 11.5. The molecule has 2 rings (SSSR count). The molecule has 1 aromatic carbocycles. The van der Waals surface area contributed by atoms with E-state index in [4.69, 9.17) is 9.52 Å². The fraction of sp³-hybridized carbons (Fsp3) is 0.0769. The van der Waals surface area contributed by atoms with Crippen molar-refractivity contribution in [3.05, 3.63) is 52.1 Å². The molecule has 0 aliphatic carbocycles.